The molecule has 0 amide bonds. The van der Waals surface area contributed by atoms with Gasteiger partial charge in [0.25, 0.3) is 0 Å². The molecule has 5 heteroatoms. The van der Waals surface area contributed by atoms with Crippen LogP contribution in [0, 0.1) is 0 Å². The van der Waals surface area contributed by atoms with Crippen molar-refractivity contribution >= 4 is 44.7 Å². The zero-order valence-electron chi connectivity index (χ0n) is 12.8. The van der Waals surface area contributed by atoms with Crippen molar-refractivity contribution in [2.75, 3.05) is 0 Å². The molecule has 2 N–H and O–H groups in total. The fourth-order valence-corrected chi connectivity index (χ4v) is 3.33. The lowest BCUT2D eigenvalue weighted by Crippen LogP contribution is -1.88. The highest BCUT2D eigenvalue weighted by Crippen LogP contribution is 2.42. The normalized spacial score (nSPS) is 11.1. The van der Waals surface area contributed by atoms with Crippen LogP contribution in [0.4, 0.5) is 0 Å². The Morgan fingerprint density at radius 3 is 2.20 bits per heavy atom. The molecule has 3 nitrogen and oxygen atoms in total. The number of halogens is 2. The maximum atomic E-state index is 10.5. The second-order valence-electron chi connectivity index (χ2n) is 5.63. The summed E-state index contributed by atoms with van der Waals surface area (Å²) in [7, 11) is 0. The largest absolute Gasteiger partial charge is 0.507 e. The Labute approximate surface area is 153 Å². The van der Waals surface area contributed by atoms with Crippen LogP contribution in [-0.2, 0) is 0 Å². The molecule has 124 valence electrons. The summed E-state index contributed by atoms with van der Waals surface area (Å²) in [4.78, 5) is 0. The summed E-state index contributed by atoms with van der Waals surface area (Å²) in [5.41, 5.74) is 0. The average molecular weight is 371 g/mol. The van der Waals surface area contributed by atoms with Gasteiger partial charge in [0.2, 0.25) is 0 Å². The van der Waals surface area contributed by atoms with Crippen LogP contribution in [0.3, 0.4) is 0 Å². The van der Waals surface area contributed by atoms with Gasteiger partial charge in [0.1, 0.15) is 11.5 Å². The van der Waals surface area contributed by atoms with E-state index < -0.39 is 0 Å². The first-order chi connectivity index (χ1) is 12.0. The summed E-state index contributed by atoms with van der Waals surface area (Å²) in [6, 6.07) is 17.1. The molecule has 0 aromatic heterocycles. The predicted molar refractivity (Wildman–Crippen MR) is 101 cm³/mol. The van der Waals surface area contributed by atoms with Crippen LogP contribution >= 0.6 is 23.2 Å². The smallest absolute Gasteiger partial charge is 0.171 e. The van der Waals surface area contributed by atoms with E-state index in [1.165, 1.54) is 6.07 Å². The van der Waals surface area contributed by atoms with E-state index in [9.17, 15) is 10.2 Å². The zero-order chi connectivity index (χ0) is 17.6. The highest BCUT2D eigenvalue weighted by Gasteiger charge is 2.13. The highest BCUT2D eigenvalue weighted by molar-refractivity contribution is 6.36. The van der Waals surface area contributed by atoms with E-state index in [0.717, 1.165) is 10.8 Å². The van der Waals surface area contributed by atoms with Crippen molar-refractivity contribution in [2.24, 2.45) is 0 Å². The molecule has 25 heavy (non-hydrogen) atoms. The lowest BCUT2D eigenvalue weighted by Gasteiger charge is -2.12. The third-order valence-corrected chi connectivity index (χ3v) is 4.71. The third-order valence-electron chi connectivity index (χ3n) is 4.07. The number of phenols is 2. The van der Waals surface area contributed by atoms with Gasteiger partial charge in [-0.1, -0.05) is 47.5 Å². The molecule has 4 aromatic rings. The fraction of sp³-hybridized carbons (Fsp3) is 0. The molecule has 0 fully saturated rings. The van der Waals surface area contributed by atoms with Gasteiger partial charge >= 0.3 is 0 Å². The molecule has 0 saturated heterocycles. The van der Waals surface area contributed by atoms with Gasteiger partial charge in [-0.05, 0) is 30.3 Å². The standard InChI is InChI=1S/C20H12Cl2O3/c21-16-7-8-18(23)15-9-11(5-6-13(15)16)25-19-10-17(22)12-3-1-2-4-14(12)20(19)24/h1-10,23-24H. The fourth-order valence-electron chi connectivity index (χ4n) is 2.84. The highest BCUT2D eigenvalue weighted by atomic mass is 35.5. The Balaban J connectivity index is 1.83. The molecule has 0 aliphatic heterocycles. The second-order valence-corrected chi connectivity index (χ2v) is 6.44. The van der Waals surface area contributed by atoms with Crippen LogP contribution in [0.2, 0.25) is 10.0 Å². The van der Waals surface area contributed by atoms with Crippen molar-refractivity contribution in [3.05, 3.63) is 70.7 Å². The van der Waals surface area contributed by atoms with E-state index in [0.29, 0.717) is 26.6 Å². The molecule has 0 unspecified atom stereocenters. The quantitative estimate of drug-likeness (QED) is 0.423. The summed E-state index contributed by atoms with van der Waals surface area (Å²) in [5.74, 6) is 0.803. The summed E-state index contributed by atoms with van der Waals surface area (Å²) in [6.07, 6.45) is 0. The van der Waals surface area contributed by atoms with Gasteiger partial charge in [0.05, 0.1) is 5.02 Å². The van der Waals surface area contributed by atoms with Gasteiger partial charge in [-0.3, -0.25) is 0 Å². The van der Waals surface area contributed by atoms with E-state index >= 15 is 0 Å². The molecule has 0 radical (unpaired) electrons. The molecule has 0 aliphatic carbocycles. The first kappa shape index (κ1) is 15.9. The number of aromatic hydroxyl groups is 2. The molecular weight excluding hydrogens is 359 g/mol. The maximum absolute atomic E-state index is 10.5. The summed E-state index contributed by atoms with van der Waals surface area (Å²) in [5, 5.41) is 24.2. The SMILES string of the molecule is Oc1ccc(Cl)c2ccc(Oc3cc(Cl)c4ccccc4c3O)cc12. The summed E-state index contributed by atoms with van der Waals surface area (Å²) < 4.78 is 5.81. The van der Waals surface area contributed by atoms with Crippen molar-refractivity contribution in [2.45, 2.75) is 0 Å². The number of hydrogen-bond acceptors (Lipinski definition) is 3. The van der Waals surface area contributed by atoms with Gasteiger partial charge in [0, 0.05) is 32.6 Å². The number of rotatable bonds is 2. The minimum absolute atomic E-state index is 0.00964. The Morgan fingerprint density at radius 1 is 0.680 bits per heavy atom. The molecule has 4 aromatic carbocycles. The van der Waals surface area contributed by atoms with Crippen LogP contribution in [-0.4, -0.2) is 10.2 Å². The number of ether oxygens (including phenoxy) is 1. The van der Waals surface area contributed by atoms with Gasteiger partial charge in [-0.25, -0.2) is 0 Å². The second kappa shape index (κ2) is 6.03. The lowest BCUT2D eigenvalue weighted by atomic mass is 10.1. The number of benzene rings is 4. The molecular formula is C20H12Cl2O3. The summed E-state index contributed by atoms with van der Waals surface area (Å²) >= 11 is 12.4. The summed E-state index contributed by atoms with van der Waals surface area (Å²) in [6.45, 7) is 0. The van der Waals surface area contributed by atoms with E-state index in [-0.39, 0.29) is 17.2 Å². The van der Waals surface area contributed by atoms with Crippen LogP contribution in [0.1, 0.15) is 0 Å². The van der Waals surface area contributed by atoms with E-state index in [1.807, 2.05) is 18.2 Å². The molecule has 4 rings (SSSR count). The number of phenolic OH excluding ortho intramolecular Hbond substituents is 2. The monoisotopic (exact) mass is 370 g/mol. The molecule has 0 heterocycles. The van der Waals surface area contributed by atoms with Crippen molar-refractivity contribution in [1.82, 2.24) is 0 Å². The Kier molecular flexibility index (Phi) is 3.83. The average Bonchev–Trinajstić information content (AvgIpc) is 2.63. The minimum atomic E-state index is 0.00964. The predicted octanol–water partition coefficient (Wildman–Crippen LogP) is 6.50. The van der Waals surface area contributed by atoms with Gasteiger partial charge in [-0.15, -0.1) is 0 Å². The van der Waals surface area contributed by atoms with Crippen molar-refractivity contribution in [3.8, 4) is 23.0 Å². The van der Waals surface area contributed by atoms with Crippen LogP contribution in [0.15, 0.2) is 60.7 Å². The van der Waals surface area contributed by atoms with Gasteiger partial charge in [0.15, 0.2) is 11.5 Å². The van der Waals surface area contributed by atoms with E-state index in [2.05, 4.69) is 0 Å². The van der Waals surface area contributed by atoms with Gasteiger partial charge in [-0.2, -0.15) is 0 Å². The Morgan fingerprint density at radius 2 is 1.40 bits per heavy atom. The van der Waals surface area contributed by atoms with Crippen molar-refractivity contribution < 1.29 is 14.9 Å². The Hall–Kier alpha value is -2.62. The molecule has 0 aliphatic rings. The van der Waals surface area contributed by atoms with Crippen LogP contribution in [0.5, 0.6) is 23.0 Å². The molecule has 0 spiro atoms. The van der Waals surface area contributed by atoms with Crippen molar-refractivity contribution in [1.29, 1.82) is 0 Å². The van der Waals surface area contributed by atoms with E-state index in [1.54, 1.807) is 36.4 Å². The Bertz CT molecular complexity index is 1120. The first-order valence-corrected chi connectivity index (χ1v) is 8.29. The molecule has 0 saturated carbocycles. The molecule has 0 bridgehead atoms. The van der Waals surface area contributed by atoms with Crippen LogP contribution in [0.25, 0.3) is 21.5 Å². The van der Waals surface area contributed by atoms with E-state index in [4.69, 9.17) is 27.9 Å². The number of hydrogen-bond donors (Lipinski definition) is 2. The molecule has 0 atom stereocenters. The third kappa shape index (κ3) is 2.72. The zero-order valence-corrected chi connectivity index (χ0v) is 14.3. The van der Waals surface area contributed by atoms with Crippen LogP contribution < -0.4 is 4.74 Å². The topological polar surface area (TPSA) is 49.7 Å². The minimum Gasteiger partial charge on any atom is -0.507 e. The first-order valence-electron chi connectivity index (χ1n) is 7.54. The van der Waals surface area contributed by atoms with Crippen molar-refractivity contribution in [3.63, 3.8) is 0 Å². The van der Waals surface area contributed by atoms with Gasteiger partial charge < -0.3 is 14.9 Å². The maximum Gasteiger partial charge on any atom is 0.171 e. The number of fused-ring (bicyclic) bond motifs is 2. The lowest BCUT2D eigenvalue weighted by molar-refractivity contribution is 0.416.